The van der Waals surface area contributed by atoms with Crippen LogP contribution in [0.15, 0.2) is 22.6 Å². The first-order valence-corrected chi connectivity index (χ1v) is 6.93. The first-order valence-electron chi connectivity index (χ1n) is 6.93. The van der Waals surface area contributed by atoms with Crippen LogP contribution >= 0.6 is 0 Å². The van der Waals surface area contributed by atoms with E-state index in [1.807, 2.05) is 18.2 Å². The first-order chi connectivity index (χ1) is 9.65. The second-order valence-electron chi connectivity index (χ2n) is 5.32. The summed E-state index contributed by atoms with van der Waals surface area (Å²) in [6.07, 6.45) is 0. The largest absolute Gasteiger partial charge is 0.497 e. The van der Waals surface area contributed by atoms with E-state index in [9.17, 15) is 0 Å². The Balaban J connectivity index is 2.30. The van der Waals surface area contributed by atoms with Gasteiger partial charge in [-0.05, 0) is 30.7 Å². The quantitative estimate of drug-likeness (QED) is 0.843. The lowest BCUT2D eigenvalue weighted by Gasteiger charge is -2.07. The van der Waals surface area contributed by atoms with E-state index in [1.165, 1.54) is 0 Å². The molecule has 1 heterocycles. The highest BCUT2D eigenvalue weighted by Crippen LogP contribution is 2.30. The number of fused-ring (bicyclic) bond motifs is 1. The summed E-state index contributed by atoms with van der Waals surface area (Å²) in [6.45, 7) is 6.60. The molecule has 2 rings (SSSR count). The molecule has 4 heteroatoms. The zero-order valence-electron chi connectivity index (χ0n) is 12.7. The van der Waals surface area contributed by atoms with Crippen LogP contribution in [0.25, 0.3) is 11.0 Å². The molecule has 0 radical (unpaired) electrons. The predicted molar refractivity (Wildman–Crippen MR) is 80.0 cm³/mol. The monoisotopic (exact) mass is 277 g/mol. The van der Waals surface area contributed by atoms with Crippen molar-refractivity contribution in [3.63, 3.8) is 0 Å². The van der Waals surface area contributed by atoms with Gasteiger partial charge in [-0.25, -0.2) is 0 Å². The van der Waals surface area contributed by atoms with Crippen LogP contribution in [0.4, 0.5) is 0 Å². The van der Waals surface area contributed by atoms with E-state index in [1.54, 1.807) is 14.2 Å². The standard InChI is InChI=1S/C16H23NO3/c1-11(2)8-17-9-16-14(10-18-3)13-7-12(19-4)5-6-15(13)20-16/h5-7,11,17H,8-10H2,1-4H3. The fraction of sp³-hybridized carbons (Fsp3) is 0.500. The lowest BCUT2D eigenvalue weighted by Crippen LogP contribution is -2.19. The average molecular weight is 277 g/mol. The third-order valence-corrected chi connectivity index (χ3v) is 3.21. The molecule has 0 atom stereocenters. The van der Waals surface area contributed by atoms with Crippen molar-refractivity contribution in [3.05, 3.63) is 29.5 Å². The van der Waals surface area contributed by atoms with Crippen molar-refractivity contribution in [2.24, 2.45) is 5.92 Å². The maximum Gasteiger partial charge on any atom is 0.135 e. The van der Waals surface area contributed by atoms with Crippen molar-refractivity contribution >= 4 is 11.0 Å². The molecular formula is C16H23NO3. The van der Waals surface area contributed by atoms with Crippen LogP contribution < -0.4 is 10.1 Å². The molecule has 0 fully saturated rings. The van der Waals surface area contributed by atoms with Gasteiger partial charge in [-0.15, -0.1) is 0 Å². The Kier molecular flexibility index (Phi) is 5.04. The summed E-state index contributed by atoms with van der Waals surface area (Å²) in [6, 6.07) is 5.85. The van der Waals surface area contributed by atoms with Crippen LogP contribution in [0, 0.1) is 5.92 Å². The maximum absolute atomic E-state index is 5.93. The smallest absolute Gasteiger partial charge is 0.135 e. The Morgan fingerprint density at radius 2 is 2.05 bits per heavy atom. The van der Waals surface area contributed by atoms with Gasteiger partial charge in [0, 0.05) is 18.1 Å². The highest BCUT2D eigenvalue weighted by atomic mass is 16.5. The minimum atomic E-state index is 0.541. The summed E-state index contributed by atoms with van der Waals surface area (Å²) >= 11 is 0. The molecule has 0 aliphatic heterocycles. The molecular weight excluding hydrogens is 254 g/mol. The number of rotatable bonds is 7. The second kappa shape index (κ2) is 6.77. The Bertz CT molecular complexity index is 560. The van der Waals surface area contributed by atoms with E-state index in [0.717, 1.165) is 34.6 Å². The van der Waals surface area contributed by atoms with E-state index in [2.05, 4.69) is 19.2 Å². The van der Waals surface area contributed by atoms with Crippen LogP contribution in [0.1, 0.15) is 25.2 Å². The summed E-state index contributed by atoms with van der Waals surface area (Å²) in [5.41, 5.74) is 1.97. The highest BCUT2D eigenvalue weighted by molar-refractivity contribution is 5.83. The molecule has 0 spiro atoms. The minimum absolute atomic E-state index is 0.541. The van der Waals surface area contributed by atoms with Gasteiger partial charge >= 0.3 is 0 Å². The van der Waals surface area contributed by atoms with Gasteiger partial charge in [-0.1, -0.05) is 13.8 Å². The van der Waals surface area contributed by atoms with Gasteiger partial charge in [0.1, 0.15) is 17.1 Å². The molecule has 1 aromatic carbocycles. The molecule has 0 amide bonds. The van der Waals surface area contributed by atoms with Crippen LogP contribution in [0.5, 0.6) is 5.75 Å². The minimum Gasteiger partial charge on any atom is -0.497 e. The number of ether oxygens (including phenoxy) is 2. The van der Waals surface area contributed by atoms with Gasteiger partial charge in [-0.3, -0.25) is 0 Å². The van der Waals surface area contributed by atoms with Crippen molar-refractivity contribution in [1.82, 2.24) is 5.32 Å². The number of furan rings is 1. The Morgan fingerprint density at radius 3 is 2.70 bits per heavy atom. The maximum atomic E-state index is 5.93. The van der Waals surface area contributed by atoms with Crippen LogP contribution in [0.2, 0.25) is 0 Å². The highest BCUT2D eigenvalue weighted by Gasteiger charge is 2.14. The summed E-state index contributed by atoms with van der Waals surface area (Å²) in [5.74, 6) is 2.39. The molecule has 2 aromatic rings. The lowest BCUT2D eigenvalue weighted by molar-refractivity contribution is 0.183. The zero-order chi connectivity index (χ0) is 14.5. The fourth-order valence-electron chi connectivity index (χ4n) is 2.23. The van der Waals surface area contributed by atoms with Crippen molar-refractivity contribution < 1.29 is 13.9 Å². The Morgan fingerprint density at radius 1 is 1.25 bits per heavy atom. The van der Waals surface area contributed by atoms with Gasteiger partial charge in [0.05, 0.1) is 20.3 Å². The van der Waals surface area contributed by atoms with Crippen molar-refractivity contribution in [1.29, 1.82) is 0 Å². The molecule has 0 aliphatic rings. The molecule has 0 unspecified atom stereocenters. The summed E-state index contributed by atoms with van der Waals surface area (Å²) < 4.78 is 16.5. The van der Waals surface area contributed by atoms with Crippen LogP contribution in [-0.4, -0.2) is 20.8 Å². The number of hydrogen-bond donors (Lipinski definition) is 1. The van der Waals surface area contributed by atoms with Gasteiger partial charge < -0.3 is 19.2 Å². The Labute approximate surface area is 120 Å². The molecule has 20 heavy (non-hydrogen) atoms. The molecule has 0 saturated heterocycles. The van der Waals surface area contributed by atoms with E-state index in [-0.39, 0.29) is 0 Å². The molecule has 1 N–H and O–H groups in total. The SMILES string of the molecule is COCc1c(CNCC(C)C)oc2ccc(OC)cc12. The summed E-state index contributed by atoms with van der Waals surface area (Å²) in [7, 11) is 3.37. The summed E-state index contributed by atoms with van der Waals surface area (Å²) in [4.78, 5) is 0. The van der Waals surface area contributed by atoms with Gasteiger partial charge in [-0.2, -0.15) is 0 Å². The van der Waals surface area contributed by atoms with Crippen LogP contribution in [-0.2, 0) is 17.9 Å². The van der Waals surface area contributed by atoms with E-state index in [4.69, 9.17) is 13.9 Å². The topological polar surface area (TPSA) is 43.6 Å². The van der Waals surface area contributed by atoms with E-state index < -0.39 is 0 Å². The van der Waals surface area contributed by atoms with Gasteiger partial charge in [0.15, 0.2) is 0 Å². The number of benzene rings is 1. The zero-order valence-corrected chi connectivity index (χ0v) is 12.7. The van der Waals surface area contributed by atoms with E-state index in [0.29, 0.717) is 19.1 Å². The molecule has 0 saturated carbocycles. The number of hydrogen-bond acceptors (Lipinski definition) is 4. The third-order valence-electron chi connectivity index (χ3n) is 3.21. The van der Waals surface area contributed by atoms with Crippen molar-refractivity contribution in [3.8, 4) is 5.75 Å². The molecule has 4 nitrogen and oxygen atoms in total. The summed E-state index contributed by atoms with van der Waals surface area (Å²) in [5, 5.41) is 4.47. The lowest BCUT2D eigenvalue weighted by atomic mass is 10.1. The Hall–Kier alpha value is -1.52. The number of methoxy groups -OCH3 is 2. The second-order valence-corrected chi connectivity index (χ2v) is 5.32. The molecule has 0 bridgehead atoms. The first kappa shape index (κ1) is 14.9. The van der Waals surface area contributed by atoms with E-state index >= 15 is 0 Å². The average Bonchev–Trinajstić information content (AvgIpc) is 2.76. The molecule has 110 valence electrons. The van der Waals surface area contributed by atoms with Gasteiger partial charge in [0.2, 0.25) is 0 Å². The molecule has 0 aliphatic carbocycles. The fourth-order valence-corrected chi connectivity index (χ4v) is 2.23. The van der Waals surface area contributed by atoms with Crippen molar-refractivity contribution in [2.45, 2.75) is 27.0 Å². The van der Waals surface area contributed by atoms with Crippen molar-refractivity contribution in [2.75, 3.05) is 20.8 Å². The van der Waals surface area contributed by atoms with Gasteiger partial charge in [0.25, 0.3) is 0 Å². The predicted octanol–water partition coefficient (Wildman–Crippen LogP) is 3.33. The third kappa shape index (κ3) is 3.32. The number of nitrogens with one attached hydrogen (secondary N) is 1. The molecule has 1 aromatic heterocycles. The van der Waals surface area contributed by atoms with Crippen LogP contribution in [0.3, 0.4) is 0 Å². The normalized spacial score (nSPS) is 11.4.